The number of carbonyl (C=O) groups is 2. The molecule has 9 heteroatoms. The Kier molecular flexibility index (Phi) is 7.57. The molecule has 0 spiro atoms. The van der Waals surface area contributed by atoms with E-state index < -0.39 is 17.7 Å². The van der Waals surface area contributed by atoms with Crippen molar-refractivity contribution in [3.8, 4) is 11.9 Å². The van der Waals surface area contributed by atoms with Gasteiger partial charge < -0.3 is 20.3 Å². The van der Waals surface area contributed by atoms with Gasteiger partial charge in [-0.2, -0.15) is 5.26 Å². The van der Waals surface area contributed by atoms with Crippen LogP contribution in [0.4, 0.5) is 4.79 Å². The number of likely N-dealkylation sites (tertiary alicyclic amines) is 1. The second-order valence-corrected chi connectivity index (χ2v) is 8.36. The highest BCUT2D eigenvalue weighted by atomic mass is 16.6. The first-order valence-corrected chi connectivity index (χ1v) is 10.7. The third kappa shape index (κ3) is 6.13. The first-order valence-electron chi connectivity index (χ1n) is 10.7. The van der Waals surface area contributed by atoms with Crippen molar-refractivity contribution in [2.45, 2.75) is 62.9 Å². The summed E-state index contributed by atoms with van der Waals surface area (Å²) >= 11 is 0. The minimum atomic E-state index is -0.898. The van der Waals surface area contributed by atoms with E-state index in [2.05, 4.69) is 31.6 Å². The van der Waals surface area contributed by atoms with Gasteiger partial charge in [-0.1, -0.05) is 32.1 Å². The average Bonchev–Trinajstić information content (AvgIpc) is 2.76. The molecule has 2 heterocycles. The monoisotopic (exact) mass is 414 g/mol. The quantitative estimate of drug-likeness (QED) is 0.730. The number of hydrogen-bond acceptors (Lipinski definition) is 7. The van der Waals surface area contributed by atoms with Gasteiger partial charge in [0.05, 0.1) is 12.3 Å². The zero-order valence-electron chi connectivity index (χ0n) is 17.5. The number of amides is 2. The highest BCUT2D eigenvalue weighted by molar-refractivity contribution is 5.86. The van der Waals surface area contributed by atoms with E-state index in [1.54, 1.807) is 0 Å². The fraction of sp³-hybridized carbons (Fsp3) is 0.667. The Morgan fingerprint density at radius 2 is 2.03 bits per heavy atom. The summed E-state index contributed by atoms with van der Waals surface area (Å²) in [5, 5.41) is 15.4. The van der Waals surface area contributed by atoms with E-state index in [1.807, 2.05) is 7.05 Å². The molecule has 1 atom stereocenters. The third-order valence-corrected chi connectivity index (χ3v) is 6.06. The van der Waals surface area contributed by atoms with Crippen LogP contribution in [0.15, 0.2) is 18.6 Å². The van der Waals surface area contributed by atoms with Crippen LogP contribution in [-0.2, 0) is 4.79 Å². The molecule has 30 heavy (non-hydrogen) atoms. The summed E-state index contributed by atoms with van der Waals surface area (Å²) in [6.45, 7) is 1.48. The Morgan fingerprint density at radius 1 is 1.30 bits per heavy atom. The number of rotatable bonds is 6. The molecule has 2 amide bonds. The maximum atomic E-state index is 13.1. The van der Waals surface area contributed by atoms with Crippen LogP contribution in [-0.4, -0.2) is 58.6 Å². The van der Waals surface area contributed by atoms with Crippen LogP contribution < -0.4 is 15.4 Å². The Bertz CT molecular complexity index is 752. The molecule has 2 N–H and O–H groups in total. The van der Waals surface area contributed by atoms with E-state index >= 15 is 0 Å². The van der Waals surface area contributed by atoms with Crippen LogP contribution in [0.25, 0.3) is 0 Å². The standard InChI is InChI=1S/C21H30N6O3/c1-27-11-7-21(15-22,8-12-27)26-19(28)17(13-16-5-3-2-4-6-16)25-20(29)30-18-14-23-9-10-24-18/h9-10,14,16-17H,2-8,11-13H2,1H3,(H,25,29)(H,26,28). The lowest BCUT2D eigenvalue weighted by Gasteiger charge is -2.37. The Labute approximate surface area is 177 Å². The van der Waals surface area contributed by atoms with Gasteiger partial charge in [-0.05, 0) is 32.2 Å². The minimum absolute atomic E-state index is 0.0654. The first kappa shape index (κ1) is 22.0. The van der Waals surface area contributed by atoms with Crippen LogP contribution in [0.2, 0.25) is 0 Å². The van der Waals surface area contributed by atoms with E-state index in [4.69, 9.17) is 4.74 Å². The van der Waals surface area contributed by atoms with E-state index in [1.165, 1.54) is 25.0 Å². The summed E-state index contributed by atoms with van der Waals surface area (Å²) in [6.07, 6.45) is 10.7. The van der Waals surface area contributed by atoms with Crippen molar-refractivity contribution >= 4 is 12.0 Å². The van der Waals surface area contributed by atoms with Gasteiger partial charge in [0.1, 0.15) is 11.6 Å². The normalized spacial score (nSPS) is 20.5. The fourth-order valence-electron chi connectivity index (χ4n) is 4.18. The molecular weight excluding hydrogens is 384 g/mol. The Hall–Kier alpha value is -2.73. The van der Waals surface area contributed by atoms with Crippen molar-refractivity contribution in [3.05, 3.63) is 18.6 Å². The summed E-state index contributed by atoms with van der Waals surface area (Å²) in [5.41, 5.74) is -0.898. The smallest absolute Gasteiger partial charge is 0.390 e. The third-order valence-electron chi connectivity index (χ3n) is 6.06. The molecule has 9 nitrogen and oxygen atoms in total. The minimum Gasteiger partial charge on any atom is -0.390 e. The number of aromatic nitrogens is 2. The number of nitrogens with one attached hydrogen (secondary N) is 2. The van der Waals surface area contributed by atoms with Crippen LogP contribution >= 0.6 is 0 Å². The lowest BCUT2D eigenvalue weighted by molar-refractivity contribution is -0.125. The maximum Gasteiger partial charge on any atom is 0.414 e. The zero-order valence-corrected chi connectivity index (χ0v) is 17.5. The fourth-order valence-corrected chi connectivity index (χ4v) is 4.18. The number of hydrogen-bond donors (Lipinski definition) is 2. The molecule has 1 aliphatic heterocycles. The second-order valence-electron chi connectivity index (χ2n) is 8.36. The molecule has 1 aromatic rings. The molecule has 162 valence electrons. The van der Waals surface area contributed by atoms with Crippen molar-refractivity contribution in [1.29, 1.82) is 5.26 Å². The van der Waals surface area contributed by atoms with Crippen molar-refractivity contribution in [2.24, 2.45) is 5.92 Å². The van der Waals surface area contributed by atoms with Crippen molar-refractivity contribution in [2.75, 3.05) is 20.1 Å². The number of nitrogens with zero attached hydrogens (tertiary/aromatic N) is 4. The molecule has 1 saturated heterocycles. The zero-order chi connectivity index (χ0) is 21.4. The van der Waals surface area contributed by atoms with Crippen LogP contribution in [0.5, 0.6) is 5.88 Å². The second kappa shape index (κ2) is 10.3. The highest BCUT2D eigenvalue weighted by Gasteiger charge is 2.38. The predicted molar refractivity (Wildman–Crippen MR) is 109 cm³/mol. The Morgan fingerprint density at radius 3 is 2.67 bits per heavy atom. The molecule has 2 fully saturated rings. The number of nitriles is 1. The van der Waals surface area contributed by atoms with E-state index in [9.17, 15) is 14.9 Å². The largest absolute Gasteiger partial charge is 0.414 e. The van der Waals surface area contributed by atoms with Gasteiger partial charge in [-0.25, -0.2) is 9.78 Å². The Balaban J connectivity index is 1.67. The number of piperidine rings is 1. The average molecular weight is 415 g/mol. The summed E-state index contributed by atoms with van der Waals surface area (Å²) < 4.78 is 5.16. The van der Waals surface area contributed by atoms with Crippen LogP contribution in [0, 0.1) is 17.2 Å². The number of carbonyl (C=O) groups excluding carboxylic acids is 2. The lowest BCUT2D eigenvalue weighted by Crippen LogP contribution is -2.59. The van der Waals surface area contributed by atoms with Gasteiger partial charge in [-0.3, -0.25) is 9.78 Å². The summed E-state index contributed by atoms with van der Waals surface area (Å²) in [5.74, 6) is 0.0975. The molecule has 1 aromatic heterocycles. The molecule has 2 aliphatic rings. The van der Waals surface area contributed by atoms with Crippen LogP contribution in [0.3, 0.4) is 0 Å². The molecule has 0 aromatic carbocycles. The summed E-state index contributed by atoms with van der Waals surface area (Å²) in [6, 6.07) is 1.54. The molecule has 3 rings (SSSR count). The summed E-state index contributed by atoms with van der Waals surface area (Å²) in [7, 11) is 2.00. The SMILES string of the molecule is CN1CCC(C#N)(NC(=O)C(CC2CCCCC2)NC(=O)Oc2cnccn2)CC1. The number of ether oxygens (including phenoxy) is 1. The molecular formula is C21H30N6O3. The van der Waals surface area contributed by atoms with Gasteiger partial charge in [0, 0.05) is 25.5 Å². The van der Waals surface area contributed by atoms with E-state index in [0.717, 1.165) is 38.8 Å². The van der Waals surface area contributed by atoms with Gasteiger partial charge >= 0.3 is 6.09 Å². The molecule has 1 unspecified atom stereocenters. The van der Waals surface area contributed by atoms with E-state index in [-0.39, 0.29) is 11.8 Å². The highest BCUT2D eigenvalue weighted by Crippen LogP contribution is 2.28. The molecule has 1 aliphatic carbocycles. The van der Waals surface area contributed by atoms with Crippen molar-refractivity contribution < 1.29 is 14.3 Å². The molecule has 0 radical (unpaired) electrons. The van der Waals surface area contributed by atoms with Gasteiger partial charge in [-0.15, -0.1) is 0 Å². The predicted octanol–water partition coefficient (Wildman–Crippen LogP) is 2.01. The van der Waals surface area contributed by atoms with E-state index in [0.29, 0.717) is 25.2 Å². The lowest BCUT2D eigenvalue weighted by atomic mass is 9.84. The summed E-state index contributed by atoms with van der Waals surface area (Å²) in [4.78, 5) is 35.5. The maximum absolute atomic E-state index is 13.1. The molecule has 1 saturated carbocycles. The first-order chi connectivity index (χ1) is 14.5. The molecule has 0 bridgehead atoms. The topological polar surface area (TPSA) is 120 Å². The van der Waals surface area contributed by atoms with Gasteiger partial charge in [0.2, 0.25) is 11.8 Å². The van der Waals surface area contributed by atoms with Gasteiger partial charge in [0.25, 0.3) is 0 Å². The van der Waals surface area contributed by atoms with Crippen LogP contribution in [0.1, 0.15) is 51.4 Å². The van der Waals surface area contributed by atoms with Crippen molar-refractivity contribution in [3.63, 3.8) is 0 Å². The van der Waals surface area contributed by atoms with Crippen molar-refractivity contribution in [1.82, 2.24) is 25.5 Å². The van der Waals surface area contributed by atoms with Gasteiger partial charge in [0.15, 0.2) is 0 Å².